The summed E-state index contributed by atoms with van der Waals surface area (Å²) < 4.78 is 5.27. The number of carbonyl (C=O) groups excluding carboxylic acids is 1. The summed E-state index contributed by atoms with van der Waals surface area (Å²) in [4.78, 5) is 14.9. The van der Waals surface area contributed by atoms with E-state index in [1.807, 2.05) is 12.1 Å². The van der Waals surface area contributed by atoms with Crippen LogP contribution < -0.4 is 10.1 Å². The first kappa shape index (κ1) is 18.7. The molecule has 5 heteroatoms. The van der Waals surface area contributed by atoms with Crippen LogP contribution in [0, 0.1) is 0 Å². The summed E-state index contributed by atoms with van der Waals surface area (Å²) in [5.41, 5.74) is 1.82. The molecule has 3 rings (SSSR count). The second-order valence-electron chi connectivity index (χ2n) is 6.60. The van der Waals surface area contributed by atoms with E-state index >= 15 is 0 Å². The molecule has 2 aromatic carbocycles. The lowest BCUT2D eigenvalue weighted by Crippen LogP contribution is -2.40. The van der Waals surface area contributed by atoms with Gasteiger partial charge in [0.1, 0.15) is 5.75 Å². The number of amides is 1. The van der Waals surface area contributed by atoms with Gasteiger partial charge in [0, 0.05) is 17.1 Å². The molecular formula is C21H25ClN2O2. The van der Waals surface area contributed by atoms with Gasteiger partial charge in [0.25, 0.3) is 5.91 Å². The van der Waals surface area contributed by atoms with Gasteiger partial charge in [-0.1, -0.05) is 30.2 Å². The third kappa shape index (κ3) is 4.77. The quantitative estimate of drug-likeness (QED) is 0.821. The number of carbonyl (C=O) groups is 1. The maximum atomic E-state index is 12.5. The lowest BCUT2D eigenvalue weighted by Gasteiger charge is -2.35. The molecule has 0 bridgehead atoms. The minimum absolute atomic E-state index is 0.0720. The van der Waals surface area contributed by atoms with Crippen molar-refractivity contribution in [1.82, 2.24) is 10.2 Å². The Kier molecular flexibility index (Phi) is 6.53. The summed E-state index contributed by atoms with van der Waals surface area (Å²) in [6, 6.07) is 15.3. The lowest BCUT2D eigenvalue weighted by molar-refractivity contribution is 0.0924. The Hall–Kier alpha value is -2.04. The van der Waals surface area contributed by atoms with Gasteiger partial charge in [0.15, 0.2) is 0 Å². The first-order valence-electron chi connectivity index (χ1n) is 9.09. The zero-order valence-electron chi connectivity index (χ0n) is 15.1. The number of nitrogens with zero attached hydrogens (tertiary/aromatic N) is 1. The van der Waals surface area contributed by atoms with Gasteiger partial charge in [-0.2, -0.15) is 0 Å². The number of nitrogens with one attached hydrogen (secondary N) is 1. The molecule has 26 heavy (non-hydrogen) atoms. The predicted molar refractivity (Wildman–Crippen MR) is 105 cm³/mol. The Labute approximate surface area is 160 Å². The number of halogens is 1. The van der Waals surface area contributed by atoms with E-state index in [4.69, 9.17) is 16.3 Å². The van der Waals surface area contributed by atoms with Crippen LogP contribution in [0.5, 0.6) is 5.75 Å². The summed E-state index contributed by atoms with van der Waals surface area (Å²) in [5.74, 6) is 0.772. The Balaban J connectivity index is 1.72. The highest BCUT2D eigenvalue weighted by molar-refractivity contribution is 6.30. The van der Waals surface area contributed by atoms with E-state index in [0.29, 0.717) is 17.1 Å². The van der Waals surface area contributed by atoms with Gasteiger partial charge in [-0.05, 0) is 67.9 Å². The molecule has 1 N–H and O–H groups in total. The van der Waals surface area contributed by atoms with Crippen molar-refractivity contribution in [1.29, 1.82) is 0 Å². The molecule has 1 amide bonds. The fourth-order valence-corrected chi connectivity index (χ4v) is 3.53. The van der Waals surface area contributed by atoms with Crippen LogP contribution in [0.4, 0.5) is 0 Å². The van der Waals surface area contributed by atoms with Crippen molar-refractivity contribution in [3.8, 4) is 5.75 Å². The summed E-state index contributed by atoms with van der Waals surface area (Å²) in [6.07, 6.45) is 3.69. The molecule has 0 radical (unpaired) electrons. The van der Waals surface area contributed by atoms with Gasteiger partial charge >= 0.3 is 0 Å². The average Bonchev–Trinajstić information content (AvgIpc) is 2.70. The summed E-state index contributed by atoms with van der Waals surface area (Å²) in [7, 11) is 1.67. The van der Waals surface area contributed by atoms with Crippen LogP contribution in [-0.4, -0.2) is 37.6 Å². The van der Waals surface area contributed by atoms with E-state index in [9.17, 15) is 4.79 Å². The van der Waals surface area contributed by atoms with Crippen molar-refractivity contribution in [2.45, 2.75) is 25.3 Å². The standard InChI is InChI=1S/C21H25ClN2O2/c1-26-19-11-7-16(8-12-19)20(24-13-3-2-4-14-24)15-23-21(25)17-5-9-18(22)10-6-17/h5-12,20H,2-4,13-15H2,1H3,(H,23,25). The number of piperidine rings is 1. The van der Waals surface area contributed by atoms with E-state index in [1.54, 1.807) is 31.4 Å². The highest BCUT2D eigenvalue weighted by Crippen LogP contribution is 2.26. The summed E-state index contributed by atoms with van der Waals surface area (Å²) in [5, 5.41) is 3.72. The maximum absolute atomic E-state index is 12.5. The third-order valence-corrected chi connectivity index (χ3v) is 5.15. The smallest absolute Gasteiger partial charge is 0.251 e. The van der Waals surface area contributed by atoms with E-state index in [2.05, 4.69) is 22.3 Å². The molecule has 0 spiro atoms. The van der Waals surface area contributed by atoms with E-state index in [0.717, 1.165) is 18.8 Å². The molecule has 1 aliphatic rings. The molecule has 0 saturated carbocycles. The van der Waals surface area contributed by atoms with Gasteiger partial charge in [0.2, 0.25) is 0 Å². The molecule has 1 atom stereocenters. The molecule has 1 unspecified atom stereocenters. The van der Waals surface area contributed by atoms with E-state index < -0.39 is 0 Å². The maximum Gasteiger partial charge on any atom is 0.251 e. The minimum atomic E-state index is -0.0720. The van der Waals surface area contributed by atoms with Gasteiger partial charge in [-0.3, -0.25) is 9.69 Å². The van der Waals surface area contributed by atoms with Crippen LogP contribution in [0.25, 0.3) is 0 Å². The van der Waals surface area contributed by atoms with Crippen molar-refractivity contribution >= 4 is 17.5 Å². The predicted octanol–water partition coefficient (Wildman–Crippen LogP) is 4.31. The second kappa shape index (κ2) is 9.06. The minimum Gasteiger partial charge on any atom is -0.497 e. The number of ether oxygens (including phenoxy) is 1. The number of likely N-dealkylation sites (tertiary alicyclic amines) is 1. The SMILES string of the molecule is COc1ccc(C(CNC(=O)c2ccc(Cl)cc2)N2CCCCC2)cc1. The van der Waals surface area contributed by atoms with Crippen LogP contribution >= 0.6 is 11.6 Å². The number of benzene rings is 2. The van der Waals surface area contributed by atoms with Gasteiger partial charge in [-0.25, -0.2) is 0 Å². The Morgan fingerprint density at radius 3 is 2.35 bits per heavy atom. The lowest BCUT2D eigenvalue weighted by atomic mass is 10.0. The van der Waals surface area contributed by atoms with Gasteiger partial charge in [-0.15, -0.1) is 0 Å². The number of hydrogen-bond donors (Lipinski definition) is 1. The first-order valence-corrected chi connectivity index (χ1v) is 9.47. The molecule has 4 nitrogen and oxygen atoms in total. The fraction of sp³-hybridized carbons (Fsp3) is 0.381. The molecule has 1 aliphatic heterocycles. The van der Waals surface area contributed by atoms with Crippen LogP contribution in [0.3, 0.4) is 0 Å². The second-order valence-corrected chi connectivity index (χ2v) is 7.04. The Morgan fingerprint density at radius 1 is 1.08 bits per heavy atom. The summed E-state index contributed by atoms with van der Waals surface area (Å²) >= 11 is 5.90. The van der Waals surface area contributed by atoms with Crippen LogP contribution in [0.2, 0.25) is 5.02 Å². The third-order valence-electron chi connectivity index (χ3n) is 4.89. The largest absolute Gasteiger partial charge is 0.497 e. The monoisotopic (exact) mass is 372 g/mol. The highest BCUT2D eigenvalue weighted by Gasteiger charge is 2.23. The molecular weight excluding hydrogens is 348 g/mol. The molecule has 0 aliphatic carbocycles. The molecule has 138 valence electrons. The van der Waals surface area contributed by atoms with Crippen LogP contribution in [-0.2, 0) is 0 Å². The summed E-state index contributed by atoms with van der Waals surface area (Å²) in [6.45, 7) is 2.70. The van der Waals surface area contributed by atoms with Crippen LogP contribution in [0.1, 0.15) is 41.2 Å². The molecule has 1 fully saturated rings. The average molecular weight is 373 g/mol. The van der Waals surface area contributed by atoms with Crippen molar-refractivity contribution < 1.29 is 9.53 Å². The molecule has 1 saturated heterocycles. The zero-order valence-corrected chi connectivity index (χ0v) is 15.8. The van der Waals surface area contributed by atoms with Gasteiger partial charge < -0.3 is 10.1 Å². The number of methoxy groups -OCH3 is 1. The fourth-order valence-electron chi connectivity index (χ4n) is 3.41. The number of hydrogen-bond acceptors (Lipinski definition) is 3. The van der Waals surface area contributed by atoms with Crippen molar-refractivity contribution in [3.63, 3.8) is 0 Å². The van der Waals surface area contributed by atoms with Gasteiger partial charge in [0.05, 0.1) is 13.2 Å². The Morgan fingerprint density at radius 2 is 1.73 bits per heavy atom. The Bertz CT molecular complexity index is 710. The molecule has 2 aromatic rings. The number of rotatable bonds is 6. The highest BCUT2D eigenvalue weighted by atomic mass is 35.5. The topological polar surface area (TPSA) is 41.6 Å². The normalized spacial score (nSPS) is 16.1. The van der Waals surface area contributed by atoms with Crippen molar-refractivity contribution in [3.05, 3.63) is 64.7 Å². The molecule has 1 heterocycles. The molecule has 0 aromatic heterocycles. The van der Waals surface area contributed by atoms with E-state index in [-0.39, 0.29) is 11.9 Å². The van der Waals surface area contributed by atoms with Crippen molar-refractivity contribution in [2.24, 2.45) is 0 Å². The first-order chi connectivity index (χ1) is 12.7. The van der Waals surface area contributed by atoms with E-state index in [1.165, 1.54) is 24.8 Å². The zero-order chi connectivity index (χ0) is 18.4. The van der Waals surface area contributed by atoms with Crippen molar-refractivity contribution in [2.75, 3.05) is 26.7 Å². The van der Waals surface area contributed by atoms with Crippen LogP contribution in [0.15, 0.2) is 48.5 Å².